The number of rotatable bonds is 7. The number of carbonyl (C=O) groups is 1. The molecule has 20 heavy (non-hydrogen) atoms. The third-order valence-corrected chi connectivity index (χ3v) is 5.39. The summed E-state index contributed by atoms with van der Waals surface area (Å²) in [7, 11) is -3.71. The van der Waals surface area contributed by atoms with Gasteiger partial charge in [-0.3, -0.25) is 0 Å². The van der Waals surface area contributed by atoms with E-state index in [-0.39, 0.29) is 22.1 Å². The van der Waals surface area contributed by atoms with Crippen LogP contribution < -0.4 is 4.72 Å². The smallest absolute Gasteiger partial charge is 0.335 e. The molecule has 1 atom stereocenters. The van der Waals surface area contributed by atoms with Crippen molar-refractivity contribution >= 4 is 27.8 Å². The number of thioether (sulfide) groups is 1. The van der Waals surface area contributed by atoms with Gasteiger partial charge in [0, 0.05) is 11.8 Å². The molecule has 0 aromatic heterocycles. The number of sulfonamides is 1. The molecule has 1 aromatic carbocycles. The van der Waals surface area contributed by atoms with Crippen molar-refractivity contribution < 1.29 is 18.3 Å². The van der Waals surface area contributed by atoms with Gasteiger partial charge in [-0.15, -0.1) is 0 Å². The molecule has 1 aromatic rings. The molecule has 0 aliphatic carbocycles. The molecule has 0 saturated carbocycles. The van der Waals surface area contributed by atoms with Crippen LogP contribution in [0.5, 0.6) is 0 Å². The van der Waals surface area contributed by atoms with Gasteiger partial charge in [0.15, 0.2) is 0 Å². The zero-order valence-corrected chi connectivity index (χ0v) is 13.3. The van der Waals surface area contributed by atoms with Crippen molar-refractivity contribution in [1.82, 2.24) is 4.72 Å². The first kappa shape index (κ1) is 17.0. The molecule has 0 heterocycles. The van der Waals surface area contributed by atoms with Crippen LogP contribution in [0.1, 0.15) is 29.3 Å². The zero-order valence-electron chi connectivity index (χ0n) is 11.7. The lowest BCUT2D eigenvalue weighted by molar-refractivity contribution is 0.0696. The van der Waals surface area contributed by atoms with Crippen molar-refractivity contribution in [3.63, 3.8) is 0 Å². The lowest BCUT2D eigenvalue weighted by atomic mass is 10.1. The number of carboxylic acids is 1. The Morgan fingerprint density at radius 2 is 2.10 bits per heavy atom. The van der Waals surface area contributed by atoms with Gasteiger partial charge < -0.3 is 5.11 Å². The van der Waals surface area contributed by atoms with Crippen molar-refractivity contribution in [3.8, 4) is 0 Å². The summed E-state index contributed by atoms with van der Waals surface area (Å²) in [5.41, 5.74) is 0.261. The fraction of sp³-hybridized carbons (Fsp3) is 0.462. The predicted octanol–water partition coefficient (Wildman–Crippen LogP) is 2.11. The topological polar surface area (TPSA) is 83.5 Å². The first-order valence-electron chi connectivity index (χ1n) is 6.17. The van der Waals surface area contributed by atoms with Gasteiger partial charge in [-0.2, -0.15) is 11.8 Å². The normalized spacial score (nSPS) is 13.2. The van der Waals surface area contributed by atoms with E-state index in [1.165, 1.54) is 25.1 Å². The molecule has 0 bridgehead atoms. The van der Waals surface area contributed by atoms with Gasteiger partial charge in [0.2, 0.25) is 10.0 Å². The third kappa shape index (κ3) is 3.97. The molecule has 5 nitrogen and oxygen atoms in total. The van der Waals surface area contributed by atoms with E-state index in [0.29, 0.717) is 12.2 Å². The summed E-state index contributed by atoms with van der Waals surface area (Å²) in [6.45, 7) is 3.41. The standard InChI is InChI=1S/C13H19NO4S2/c1-4-10(8-19-3)14-20(17,18)12-7-5-6-11(9(12)2)13(15)16/h5-7,10,14H,4,8H2,1-3H3,(H,15,16). The van der Waals surface area contributed by atoms with Crippen molar-refractivity contribution in [2.45, 2.75) is 31.2 Å². The van der Waals surface area contributed by atoms with Crippen LogP contribution in [0.3, 0.4) is 0 Å². The van der Waals surface area contributed by atoms with Gasteiger partial charge in [-0.1, -0.05) is 13.0 Å². The van der Waals surface area contributed by atoms with Crippen molar-refractivity contribution in [1.29, 1.82) is 0 Å². The summed E-state index contributed by atoms with van der Waals surface area (Å²) in [4.78, 5) is 11.1. The monoisotopic (exact) mass is 317 g/mol. The molecule has 0 fully saturated rings. The lowest BCUT2D eigenvalue weighted by Crippen LogP contribution is -2.36. The Labute approximate surface area is 123 Å². The molecule has 0 amide bonds. The van der Waals surface area contributed by atoms with Gasteiger partial charge in [-0.05, 0) is 37.3 Å². The van der Waals surface area contributed by atoms with Crippen LogP contribution in [0, 0.1) is 6.92 Å². The highest BCUT2D eigenvalue weighted by atomic mass is 32.2. The number of hydrogen-bond donors (Lipinski definition) is 2. The van der Waals surface area contributed by atoms with E-state index in [1.54, 1.807) is 11.8 Å². The third-order valence-electron chi connectivity index (χ3n) is 2.99. The molecule has 0 aliphatic heterocycles. The fourth-order valence-corrected chi connectivity index (χ4v) is 4.27. The van der Waals surface area contributed by atoms with Crippen molar-refractivity contribution in [2.75, 3.05) is 12.0 Å². The molecule has 0 spiro atoms. The molecular weight excluding hydrogens is 298 g/mol. The summed E-state index contributed by atoms with van der Waals surface area (Å²) in [6.07, 6.45) is 2.59. The Morgan fingerprint density at radius 3 is 2.60 bits per heavy atom. The highest BCUT2D eigenvalue weighted by molar-refractivity contribution is 7.98. The van der Waals surface area contributed by atoms with Gasteiger partial charge in [0.25, 0.3) is 0 Å². The molecular formula is C13H19NO4S2. The van der Waals surface area contributed by atoms with Crippen LogP contribution in [0.25, 0.3) is 0 Å². The van der Waals surface area contributed by atoms with Gasteiger partial charge in [-0.25, -0.2) is 17.9 Å². The molecule has 0 aliphatic rings. The van der Waals surface area contributed by atoms with Crippen LogP contribution in [-0.4, -0.2) is 37.5 Å². The Bertz CT molecular complexity index is 584. The number of hydrogen-bond acceptors (Lipinski definition) is 4. The lowest BCUT2D eigenvalue weighted by Gasteiger charge is -2.17. The maximum Gasteiger partial charge on any atom is 0.335 e. The maximum atomic E-state index is 12.4. The van der Waals surface area contributed by atoms with E-state index in [9.17, 15) is 13.2 Å². The van der Waals surface area contributed by atoms with Crippen molar-refractivity contribution in [3.05, 3.63) is 29.3 Å². The largest absolute Gasteiger partial charge is 0.478 e. The Morgan fingerprint density at radius 1 is 1.45 bits per heavy atom. The maximum absolute atomic E-state index is 12.4. The summed E-state index contributed by atoms with van der Waals surface area (Å²) in [5, 5.41) is 9.05. The summed E-state index contributed by atoms with van der Waals surface area (Å²) < 4.78 is 27.3. The Hall–Kier alpha value is -1.05. The van der Waals surface area contributed by atoms with Gasteiger partial charge in [0.05, 0.1) is 10.5 Å². The molecule has 112 valence electrons. The first-order chi connectivity index (χ1) is 9.33. The summed E-state index contributed by atoms with van der Waals surface area (Å²) >= 11 is 1.56. The van der Waals surface area contributed by atoms with Crippen LogP contribution in [0.4, 0.5) is 0 Å². The van der Waals surface area contributed by atoms with E-state index < -0.39 is 16.0 Å². The summed E-state index contributed by atoms with van der Waals surface area (Å²) in [5.74, 6) is -0.455. The molecule has 0 radical (unpaired) electrons. The fourth-order valence-electron chi connectivity index (χ4n) is 1.86. The molecule has 2 N–H and O–H groups in total. The van der Waals surface area contributed by atoms with Crippen LogP contribution in [0.2, 0.25) is 0 Å². The molecule has 1 rings (SSSR count). The van der Waals surface area contributed by atoms with E-state index in [0.717, 1.165) is 0 Å². The number of nitrogens with one attached hydrogen (secondary N) is 1. The molecule has 1 unspecified atom stereocenters. The average Bonchev–Trinajstić information content (AvgIpc) is 2.37. The van der Waals surface area contributed by atoms with E-state index >= 15 is 0 Å². The van der Waals surface area contributed by atoms with Gasteiger partial charge in [0.1, 0.15) is 0 Å². The van der Waals surface area contributed by atoms with Crippen molar-refractivity contribution in [2.24, 2.45) is 0 Å². The zero-order chi connectivity index (χ0) is 15.3. The summed E-state index contributed by atoms with van der Waals surface area (Å²) in [6, 6.07) is 4.11. The second-order valence-electron chi connectivity index (χ2n) is 4.42. The van der Waals surface area contributed by atoms with E-state index in [1.807, 2.05) is 13.2 Å². The van der Waals surface area contributed by atoms with Gasteiger partial charge >= 0.3 is 5.97 Å². The van der Waals surface area contributed by atoms with Crippen LogP contribution in [0.15, 0.2) is 23.1 Å². The second kappa shape index (κ2) is 7.10. The van der Waals surface area contributed by atoms with E-state index in [2.05, 4.69) is 4.72 Å². The number of carboxylic acid groups (broad SMARTS) is 1. The number of aromatic carboxylic acids is 1. The molecule has 0 saturated heterocycles. The van der Waals surface area contributed by atoms with Crippen LogP contribution >= 0.6 is 11.8 Å². The minimum atomic E-state index is -3.71. The second-order valence-corrected chi connectivity index (χ2v) is 7.01. The minimum Gasteiger partial charge on any atom is -0.478 e. The van der Waals surface area contributed by atoms with E-state index in [4.69, 9.17) is 5.11 Å². The molecule has 7 heteroatoms. The minimum absolute atomic E-state index is 0.00536. The highest BCUT2D eigenvalue weighted by Gasteiger charge is 2.23. The predicted molar refractivity (Wildman–Crippen MR) is 80.9 cm³/mol. The van der Waals surface area contributed by atoms with Crippen LogP contribution in [-0.2, 0) is 10.0 Å². The number of benzene rings is 1. The highest BCUT2D eigenvalue weighted by Crippen LogP contribution is 2.20. The average molecular weight is 317 g/mol. The Kier molecular flexibility index (Phi) is 6.04. The SMILES string of the molecule is CCC(CSC)NS(=O)(=O)c1cccc(C(=O)O)c1C. The first-order valence-corrected chi connectivity index (χ1v) is 9.05. The quantitative estimate of drug-likeness (QED) is 0.805. The Balaban J connectivity index is 3.16.